The van der Waals surface area contributed by atoms with Gasteiger partial charge in [0.2, 0.25) is 5.88 Å². The van der Waals surface area contributed by atoms with Crippen LogP contribution in [0.1, 0.15) is 24.3 Å². The van der Waals surface area contributed by atoms with Crippen molar-refractivity contribution in [2.45, 2.75) is 24.9 Å². The van der Waals surface area contributed by atoms with E-state index in [0.717, 1.165) is 12.1 Å². The second-order valence-corrected chi connectivity index (χ2v) is 6.44. The van der Waals surface area contributed by atoms with Crippen LogP contribution in [-0.2, 0) is 0 Å². The number of ether oxygens (including phenoxy) is 1. The van der Waals surface area contributed by atoms with Gasteiger partial charge in [-0.2, -0.15) is 0 Å². The summed E-state index contributed by atoms with van der Waals surface area (Å²) in [5.41, 5.74) is 0.479. The molecule has 0 unspecified atom stereocenters. The van der Waals surface area contributed by atoms with Gasteiger partial charge in [0.15, 0.2) is 5.76 Å². The summed E-state index contributed by atoms with van der Waals surface area (Å²) in [5, 5.41) is 10.8. The third-order valence-corrected chi connectivity index (χ3v) is 4.44. The van der Waals surface area contributed by atoms with Crippen molar-refractivity contribution in [3.8, 4) is 23.2 Å². The van der Waals surface area contributed by atoms with Crippen molar-refractivity contribution in [1.82, 2.24) is 15.1 Å². The number of aromatic nitrogens is 3. The Morgan fingerprint density at radius 3 is 2.42 bits per heavy atom. The fourth-order valence-electron chi connectivity index (χ4n) is 2.91. The highest BCUT2D eigenvalue weighted by Crippen LogP contribution is 2.41. The molecule has 1 fully saturated rings. The first-order valence-electron chi connectivity index (χ1n) is 7.81. The van der Waals surface area contributed by atoms with Crippen molar-refractivity contribution in [3.63, 3.8) is 0 Å². The zero-order valence-electron chi connectivity index (χ0n) is 13.2. The molecule has 0 radical (unpaired) electrons. The molecule has 2 N–H and O–H groups in total. The van der Waals surface area contributed by atoms with Gasteiger partial charge in [-0.15, -0.1) is 0 Å². The highest BCUT2D eigenvalue weighted by molar-refractivity contribution is 6.30. The number of hydrogen-bond donors (Lipinski definition) is 0. The number of halogens is 3. The van der Waals surface area contributed by atoms with Gasteiger partial charge in [0.25, 0.3) is 0 Å². The lowest BCUT2D eigenvalue weighted by Gasteiger charge is -2.35. The van der Waals surface area contributed by atoms with Crippen LogP contribution < -0.4 is 4.74 Å². The zero-order chi connectivity index (χ0) is 18.3. The predicted octanol–water partition coefficient (Wildman–Crippen LogP) is 3.83. The van der Waals surface area contributed by atoms with Crippen LogP contribution in [0.25, 0.3) is 11.5 Å². The largest absolute Gasteiger partial charge is 0.577 e. The second-order valence-electron chi connectivity index (χ2n) is 6.01. The minimum Gasteiger partial charge on any atom is -0.577 e. The summed E-state index contributed by atoms with van der Waals surface area (Å²) in [6.07, 6.45) is 3.63. The molecule has 3 aromatic rings. The van der Waals surface area contributed by atoms with Crippen LogP contribution in [0.2, 0.25) is 5.02 Å². The first kappa shape index (κ1) is 16.7. The molecule has 0 amide bonds. The Labute approximate surface area is 151 Å². The first-order valence-corrected chi connectivity index (χ1v) is 8.19. The molecule has 0 bridgehead atoms. The standard InChI is InChI=1S/C17H12ClF2N3O3/c18-9-3-11(19)17(12(20)4-9)8-1-10(2-8)25-16-7-21-13(6-22-16)14-5-15(24)23-26-14/h3-8,10H,1-2H2,(H,23,24)/p+1. The molecule has 1 aromatic carbocycles. The van der Waals surface area contributed by atoms with Gasteiger partial charge >= 0.3 is 5.88 Å². The van der Waals surface area contributed by atoms with Crippen molar-refractivity contribution in [1.29, 1.82) is 0 Å². The number of rotatable bonds is 4. The molecule has 0 saturated heterocycles. The molecule has 1 aliphatic carbocycles. The van der Waals surface area contributed by atoms with Gasteiger partial charge in [-0.1, -0.05) is 11.6 Å². The third kappa shape index (κ3) is 3.20. The Morgan fingerprint density at radius 1 is 1.12 bits per heavy atom. The minimum atomic E-state index is -0.636. The molecule has 0 spiro atoms. The summed E-state index contributed by atoms with van der Waals surface area (Å²) in [6.45, 7) is 0. The fourth-order valence-corrected chi connectivity index (χ4v) is 3.10. The van der Waals surface area contributed by atoms with Crippen molar-refractivity contribution in [2.75, 3.05) is 0 Å². The summed E-state index contributed by atoms with van der Waals surface area (Å²) < 4.78 is 38.5. The Balaban J connectivity index is 1.38. The van der Waals surface area contributed by atoms with Crippen molar-refractivity contribution < 1.29 is 23.1 Å². The van der Waals surface area contributed by atoms with E-state index in [9.17, 15) is 8.78 Å². The van der Waals surface area contributed by atoms with Gasteiger partial charge in [0.05, 0.1) is 12.4 Å². The smallest absolute Gasteiger partial charge is 0.394 e. The SMILES string of the molecule is [OH2+]c1cc(-c2cnc(OC3CC(c4c(F)cc(Cl)cc4F)C3)cn2)on1. The molecule has 26 heavy (non-hydrogen) atoms. The van der Waals surface area contributed by atoms with Crippen LogP contribution in [-0.4, -0.2) is 26.3 Å². The molecule has 1 saturated carbocycles. The van der Waals surface area contributed by atoms with Crippen LogP contribution >= 0.6 is 11.6 Å². The molecular weight excluding hydrogens is 368 g/mol. The number of nitrogens with zero attached hydrogens (tertiary/aromatic N) is 3. The maximum absolute atomic E-state index is 13.9. The fraction of sp³-hybridized carbons (Fsp3) is 0.235. The molecule has 9 heteroatoms. The molecule has 134 valence electrons. The molecule has 2 heterocycles. The first-order chi connectivity index (χ1) is 12.5. The Hall–Kier alpha value is -2.74. The lowest BCUT2D eigenvalue weighted by molar-refractivity contribution is 0.0904. The van der Waals surface area contributed by atoms with E-state index >= 15 is 0 Å². The van der Waals surface area contributed by atoms with Crippen LogP contribution in [0.3, 0.4) is 0 Å². The van der Waals surface area contributed by atoms with E-state index in [1.54, 1.807) is 0 Å². The van der Waals surface area contributed by atoms with Crippen molar-refractivity contribution in [2.24, 2.45) is 0 Å². The van der Waals surface area contributed by atoms with Crippen LogP contribution in [0.15, 0.2) is 35.1 Å². The number of hydrogen-bond acceptors (Lipinski definition) is 5. The molecule has 4 rings (SSSR count). The molecular formula is C17H13ClF2N3O3+. The maximum atomic E-state index is 13.9. The molecule has 1 aliphatic rings. The summed E-state index contributed by atoms with van der Waals surface area (Å²) >= 11 is 5.64. The maximum Gasteiger partial charge on any atom is 0.394 e. The quantitative estimate of drug-likeness (QED) is 0.642. The summed E-state index contributed by atoms with van der Waals surface area (Å²) in [5.74, 6) is -0.878. The molecule has 6 nitrogen and oxygen atoms in total. The Bertz CT molecular complexity index is 920. The van der Waals surface area contributed by atoms with E-state index < -0.39 is 11.6 Å². The Kier molecular flexibility index (Phi) is 4.20. The van der Waals surface area contributed by atoms with Crippen molar-refractivity contribution in [3.05, 3.63) is 52.8 Å². The molecule has 0 atom stereocenters. The highest BCUT2D eigenvalue weighted by Gasteiger charge is 2.36. The van der Waals surface area contributed by atoms with Gasteiger partial charge in [0, 0.05) is 15.7 Å². The lowest BCUT2D eigenvalue weighted by atomic mass is 9.77. The summed E-state index contributed by atoms with van der Waals surface area (Å²) in [6, 6.07) is 3.66. The minimum absolute atomic E-state index is 0.00398. The molecule has 0 aliphatic heterocycles. The van der Waals surface area contributed by atoms with E-state index in [2.05, 4.69) is 15.1 Å². The monoisotopic (exact) mass is 380 g/mol. The van der Waals surface area contributed by atoms with E-state index in [1.165, 1.54) is 18.5 Å². The predicted molar refractivity (Wildman–Crippen MR) is 88.3 cm³/mol. The van der Waals surface area contributed by atoms with E-state index in [4.69, 9.17) is 26.0 Å². The van der Waals surface area contributed by atoms with Gasteiger partial charge in [-0.25, -0.2) is 18.7 Å². The molecule has 2 aromatic heterocycles. The van der Waals surface area contributed by atoms with Gasteiger partial charge in [-0.3, -0.25) is 0 Å². The zero-order valence-corrected chi connectivity index (χ0v) is 14.0. The average Bonchev–Trinajstić information content (AvgIpc) is 2.98. The Morgan fingerprint density at radius 2 is 1.85 bits per heavy atom. The van der Waals surface area contributed by atoms with Gasteiger partial charge < -0.3 is 14.4 Å². The van der Waals surface area contributed by atoms with E-state index in [1.807, 2.05) is 0 Å². The van der Waals surface area contributed by atoms with E-state index in [0.29, 0.717) is 30.2 Å². The summed E-state index contributed by atoms with van der Waals surface area (Å²) in [7, 11) is 0. The van der Waals surface area contributed by atoms with Crippen molar-refractivity contribution >= 4 is 11.6 Å². The highest BCUT2D eigenvalue weighted by atomic mass is 35.5. The van der Waals surface area contributed by atoms with E-state index in [-0.39, 0.29) is 28.5 Å². The average molecular weight is 381 g/mol. The van der Waals surface area contributed by atoms with Crippen LogP contribution in [0.4, 0.5) is 8.78 Å². The van der Waals surface area contributed by atoms with Crippen LogP contribution in [0, 0.1) is 11.6 Å². The number of benzene rings is 1. The lowest BCUT2D eigenvalue weighted by Crippen LogP contribution is -2.33. The normalized spacial score (nSPS) is 19.2. The van der Waals surface area contributed by atoms with Gasteiger partial charge in [-0.05, 0) is 30.9 Å². The van der Waals surface area contributed by atoms with Crippen LogP contribution in [0.5, 0.6) is 11.8 Å². The summed E-state index contributed by atoms with van der Waals surface area (Å²) in [4.78, 5) is 8.28. The topological polar surface area (TPSA) is 83.9 Å². The van der Waals surface area contributed by atoms with Gasteiger partial charge in [0.1, 0.15) is 29.5 Å². The third-order valence-electron chi connectivity index (χ3n) is 4.23. The second kappa shape index (κ2) is 6.53.